The number of aromatic nitrogens is 1. The molecule has 4 unspecified atom stereocenters. The number of piperidine rings is 1. The molecule has 0 radical (unpaired) electrons. The van der Waals surface area contributed by atoms with Crippen LogP contribution in [0.5, 0.6) is 0 Å². The monoisotopic (exact) mass is 346 g/mol. The van der Waals surface area contributed by atoms with E-state index in [-0.39, 0.29) is 12.1 Å². The second kappa shape index (κ2) is 8.17. The van der Waals surface area contributed by atoms with E-state index in [0.29, 0.717) is 23.8 Å². The molecule has 138 valence electrons. The Bertz CT molecular complexity index is 592. The van der Waals surface area contributed by atoms with E-state index in [1.54, 1.807) is 18.3 Å². The zero-order valence-electron chi connectivity index (χ0n) is 15.4. The number of β-amino-alcohol motifs (C(OH)–C–C–N with tert-alkyl or cyclic N) is 1. The van der Waals surface area contributed by atoms with E-state index in [9.17, 15) is 9.90 Å². The highest BCUT2D eigenvalue weighted by molar-refractivity contribution is 5.94. The van der Waals surface area contributed by atoms with Gasteiger partial charge in [-0.2, -0.15) is 0 Å². The Balaban J connectivity index is 1.65. The molecule has 3 rings (SSSR count). The van der Waals surface area contributed by atoms with Crippen molar-refractivity contribution in [3.05, 3.63) is 23.9 Å². The molecule has 0 spiro atoms. The minimum Gasteiger partial charge on any atom is -0.465 e. The lowest BCUT2D eigenvalue weighted by atomic mass is 9.73. The normalized spacial score (nSPS) is 30.1. The first kappa shape index (κ1) is 18.2. The fraction of sp³-hybridized carbons (Fsp3) is 0.700. The summed E-state index contributed by atoms with van der Waals surface area (Å²) >= 11 is 0. The van der Waals surface area contributed by atoms with E-state index >= 15 is 0 Å². The number of hydrogen-bond acceptors (Lipinski definition) is 5. The number of aliphatic hydroxyl groups excluding tert-OH is 1. The average molecular weight is 346 g/mol. The van der Waals surface area contributed by atoms with Crippen molar-refractivity contribution in [1.29, 1.82) is 0 Å². The van der Waals surface area contributed by atoms with Crippen LogP contribution >= 0.6 is 0 Å². The third-order valence-corrected chi connectivity index (χ3v) is 6.11. The van der Waals surface area contributed by atoms with Gasteiger partial charge in [0, 0.05) is 19.3 Å². The van der Waals surface area contributed by atoms with Gasteiger partial charge in [0.05, 0.1) is 13.2 Å². The Morgan fingerprint density at radius 1 is 1.32 bits per heavy atom. The first-order valence-corrected chi connectivity index (χ1v) is 9.56. The van der Waals surface area contributed by atoms with Gasteiger partial charge in [0.15, 0.2) is 0 Å². The van der Waals surface area contributed by atoms with Crippen molar-refractivity contribution in [2.75, 3.05) is 25.1 Å². The van der Waals surface area contributed by atoms with Crippen molar-refractivity contribution in [1.82, 2.24) is 4.98 Å². The van der Waals surface area contributed by atoms with Gasteiger partial charge in [-0.3, -0.25) is 0 Å². The minimum absolute atomic E-state index is 0.354. The first-order valence-electron chi connectivity index (χ1n) is 9.56. The third kappa shape index (κ3) is 4.14. The highest BCUT2D eigenvalue weighted by Crippen LogP contribution is 2.37. The molecule has 1 aromatic rings. The second-order valence-electron chi connectivity index (χ2n) is 7.69. The summed E-state index contributed by atoms with van der Waals surface area (Å²) in [6.07, 6.45) is 8.72. The quantitative estimate of drug-likeness (QED) is 0.848. The standard InChI is InChI=1S/C20H30N2O3/c1-14-6-3-4-7-15(14)12-16-9-11-22(13-18(16)23)19-17(20(24)25-2)8-5-10-21-19/h5,8,10,14-16,18,23H,3-4,6-7,9,11-13H2,1-2H3. The topological polar surface area (TPSA) is 62.7 Å². The number of anilines is 1. The zero-order chi connectivity index (χ0) is 17.8. The summed E-state index contributed by atoms with van der Waals surface area (Å²) in [4.78, 5) is 18.4. The lowest BCUT2D eigenvalue weighted by Crippen LogP contribution is -2.45. The molecule has 2 aliphatic rings. The largest absolute Gasteiger partial charge is 0.465 e. The summed E-state index contributed by atoms with van der Waals surface area (Å²) in [7, 11) is 1.38. The molecule has 1 N–H and O–H groups in total. The molecule has 5 nitrogen and oxygen atoms in total. The van der Waals surface area contributed by atoms with Crippen molar-refractivity contribution < 1.29 is 14.6 Å². The molecule has 0 amide bonds. The van der Waals surface area contributed by atoms with Crippen molar-refractivity contribution in [3.8, 4) is 0 Å². The molecule has 0 aromatic carbocycles. The Labute approximate surface area is 150 Å². The Morgan fingerprint density at radius 3 is 2.84 bits per heavy atom. The number of carbonyl (C=O) groups excluding carboxylic acids is 1. The Morgan fingerprint density at radius 2 is 2.12 bits per heavy atom. The molecular weight excluding hydrogens is 316 g/mol. The van der Waals surface area contributed by atoms with Crippen LogP contribution in [0.15, 0.2) is 18.3 Å². The molecule has 1 saturated heterocycles. The van der Waals surface area contributed by atoms with Gasteiger partial charge in [-0.1, -0.05) is 32.6 Å². The second-order valence-corrected chi connectivity index (χ2v) is 7.69. The van der Waals surface area contributed by atoms with E-state index in [1.165, 1.54) is 32.8 Å². The minimum atomic E-state index is -0.379. The van der Waals surface area contributed by atoms with Crippen LogP contribution in [0.2, 0.25) is 0 Å². The van der Waals surface area contributed by atoms with E-state index < -0.39 is 0 Å². The average Bonchev–Trinajstić information content (AvgIpc) is 2.64. The van der Waals surface area contributed by atoms with Crippen LogP contribution in [0, 0.1) is 17.8 Å². The van der Waals surface area contributed by atoms with Gasteiger partial charge in [-0.25, -0.2) is 9.78 Å². The van der Waals surface area contributed by atoms with Crippen LogP contribution in [-0.2, 0) is 4.74 Å². The smallest absolute Gasteiger partial charge is 0.341 e. The number of ether oxygens (including phenoxy) is 1. The van der Waals surface area contributed by atoms with E-state index in [2.05, 4.69) is 11.9 Å². The maximum atomic E-state index is 12.0. The third-order valence-electron chi connectivity index (χ3n) is 6.11. The fourth-order valence-corrected chi connectivity index (χ4v) is 4.50. The van der Waals surface area contributed by atoms with Gasteiger partial charge in [0.1, 0.15) is 11.4 Å². The first-order chi connectivity index (χ1) is 12.1. The van der Waals surface area contributed by atoms with Gasteiger partial charge in [-0.15, -0.1) is 0 Å². The number of esters is 1. The molecular formula is C20H30N2O3. The van der Waals surface area contributed by atoms with Crippen molar-refractivity contribution in [3.63, 3.8) is 0 Å². The highest BCUT2D eigenvalue weighted by Gasteiger charge is 2.33. The molecule has 25 heavy (non-hydrogen) atoms. The zero-order valence-corrected chi connectivity index (χ0v) is 15.4. The van der Waals surface area contributed by atoms with E-state index in [0.717, 1.165) is 31.2 Å². The highest BCUT2D eigenvalue weighted by atomic mass is 16.5. The summed E-state index contributed by atoms with van der Waals surface area (Å²) in [5.41, 5.74) is 0.469. The predicted molar refractivity (Wildman–Crippen MR) is 97.6 cm³/mol. The van der Waals surface area contributed by atoms with Crippen LogP contribution in [0.4, 0.5) is 5.82 Å². The van der Waals surface area contributed by atoms with Crippen molar-refractivity contribution >= 4 is 11.8 Å². The summed E-state index contributed by atoms with van der Waals surface area (Å²) in [5.74, 6) is 2.13. The number of nitrogens with zero attached hydrogens (tertiary/aromatic N) is 2. The molecule has 1 aliphatic heterocycles. The molecule has 2 fully saturated rings. The number of aliphatic hydroxyl groups is 1. The maximum Gasteiger partial charge on any atom is 0.341 e. The predicted octanol–water partition coefficient (Wildman–Crippen LogP) is 3.27. The number of rotatable bonds is 4. The van der Waals surface area contributed by atoms with Crippen molar-refractivity contribution in [2.24, 2.45) is 17.8 Å². The van der Waals surface area contributed by atoms with Gasteiger partial charge >= 0.3 is 5.97 Å². The van der Waals surface area contributed by atoms with Crippen LogP contribution in [-0.4, -0.2) is 42.4 Å². The molecule has 5 heteroatoms. The molecule has 1 aliphatic carbocycles. The number of pyridine rings is 1. The van der Waals surface area contributed by atoms with Crippen LogP contribution in [0.3, 0.4) is 0 Å². The molecule has 1 saturated carbocycles. The molecule has 4 atom stereocenters. The van der Waals surface area contributed by atoms with Gasteiger partial charge in [-0.05, 0) is 42.7 Å². The number of carbonyl (C=O) groups is 1. The summed E-state index contributed by atoms with van der Waals surface area (Å²) in [6, 6.07) is 3.47. The van der Waals surface area contributed by atoms with Gasteiger partial charge in [0.25, 0.3) is 0 Å². The number of methoxy groups -OCH3 is 1. The molecule has 2 heterocycles. The summed E-state index contributed by atoms with van der Waals surface area (Å²) in [6.45, 7) is 3.72. The molecule has 0 bridgehead atoms. The summed E-state index contributed by atoms with van der Waals surface area (Å²) < 4.78 is 4.86. The summed E-state index contributed by atoms with van der Waals surface area (Å²) in [5, 5.41) is 10.7. The van der Waals surface area contributed by atoms with E-state index in [1.807, 2.05) is 4.90 Å². The lowest BCUT2D eigenvalue weighted by molar-refractivity contribution is 0.0589. The fourth-order valence-electron chi connectivity index (χ4n) is 4.50. The Kier molecular flexibility index (Phi) is 5.94. The lowest BCUT2D eigenvalue weighted by Gasteiger charge is -2.40. The SMILES string of the molecule is COC(=O)c1cccnc1N1CCC(CC2CCCCC2C)C(O)C1. The Hall–Kier alpha value is -1.62. The maximum absolute atomic E-state index is 12.0. The van der Waals surface area contributed by atoms with E-state index in [4.69, 9.17) is 4.74 Å². The van der Waals surface area contributed by atoms with Gasteiger partial charge in [0.2, 0.25) is 0 Å². The van der Waals surface area contributed by atoms with Gasteiger partial charge < -0.3 is 14.7 Å². The molecule has 1 aromatic heterocycles. The van der Waals surface area contributed by atoms with Crippen LogP contribution in [0.25, 0.3) is 0 Å². The van der Waals surface area contributed by atoms with Crippen LogP contribution < -0.4 is 4.90 Å². The van der Waals surface area contributed by atoms with Crippen molar-refractivity contribution in [2.45, 2.75) is 51.6 Å². The number of hydrogen-bond donors (Lipinski definition) is 1. The van der Waals surface area contributed by atoms with Crippen LogP contribution in [0.1, 0.15) is 55.8 Å².